The third-order valence-corrected chi connectivity index (χ3v) is 4.83. The summed E-state index contributed by atoms with van der Waals surface area (Å²) in [4.78, 5) is 25.2. The minimum atomic E-state index is -0.504. The number of hydrogen-bond acceptors (Lipinski definition) is 4. The van der Waals surface area contributed by atoms with Gasteiger partial charge in [0, 0.05) is 29.3 Å². The van der Waals surface area contributed by atoms with Crippen molar-refractivity contribution in [1.82, 2.24) is 10.2 Å². The fraction of sp³-hybridized carbons (Fsp3) is 0.316. The normalized spacial score (nSPS) is 15.6. The summed E-state index contributed by atoms with van der Waals surface area (Å²) in [6, 6.07) is 13.4. The molecule has 1 fully saturated rings. The lowest BCUT2D eigenvalue weighted by Gasteiger charge is -2.28. The van der Waals surface area contributed by atoms with E-state index in [0.29, 0.717) is 11.6 Å². The maximum absolute atomic E-state index is 12.5. The van der Waals surface area contributed by atoms with Crippen LogP contribution in [-0.2, 0) is 0 Å². The number of nitrogens with one attached hydrogen (secondary N) is 1. The average molecular weight is 374 g/mol. The quantitative estimate of drug-likeness (QED) is 0.617. The Morgan fingerprint density at radius 1 is 1.19 bits per heavy atom. The fourth-order valence-corrected chi connectivity index (χ4v) is 3.48. The number of hydrogen-bond donors (Lipinski definition) is 1. The van der Waals surface area contributed by atoms with Crippen molar-refractivity contribution in [2.75, 3.05) is 19.6 Å². The SMILES string of the molecule is O=C(NCC(c1cccc(Cl)c1)N1CCCC1)c1cccc([N+](=O)[O-])c1. The van der Waals surface area contributed by atoms with Gasteiger partial charge in [-0.2, -0.15) is 0 Å². The zero-order valence-corrected chi connectivity index (χ0v) is 15.0. The Morgan fingerprint density at radius 2 is 1.92 bits per heavy atom. The molecule has 1 aliphatic heterocycles. The van der Waals surface area contributed by atoms with Crippen LogP contribution in [0.2, 0.25) is 5.02 Å². The molecular weight excluding hydrogens is 354 g/mol. The molecule has 0 aliphatic carbocycles. The standard InChI is InChI=1S/C19H20ClN3O3/c20-16-7-3-5-14(11-16)18(22-9-1-2-10-22)13-21-19(24)15-6-4-8-17(12-15)23(25)26/h3-8,11-12,18H,1-2,9-10,13H2,(H,21,24). The second kappa shape index (κ2) is 8.29. The largest absolute Gasteiger partial charge is 0.350 e. The Bertz CT molecular complexity index is 806. The van der Waals surface area contributed by atoms with Gasteiger partial charge in [-0.15, -0.1) is 0 Å². The molecule has 136 valence electrons. The highest BCUT2D eigenvalue weighted by molar-refractivity contribution is 6.30. The molecule has 0 aromatic heterocycles. The Hall–Kier alpha value is -2.44. The van der Waals surface area contributed by atoms with Crippen LogP contribution < -0.4 is 5.32 Å². The van der Waals surface area contributed by atoms with Gasteiger partial charge < -0.3 is 5.32 Å². The molecule has 1 N–H and O–H groups in total. The van der Waals surface area contributed by atoms with Crippen molar-refractivity contribution in [3.8, 4) is 0 Å². The van der Waals surface area contributed by atoms with Crippen LogP contribution in [0, 0.1) is 10.1 Å². The van der Waals surface area contributed by atoms with Gasteiger partial charge in [-0.25, -0.2) is 0 Å². The molecule has 1 atom stereocenters. The smallest absolute Gasteiger partial charge is 0.270 e. The number of rotatable bonds is 6. The fourth-order valence-electron chi connectivity index (χ4n) is 3.28. The van der Waals surface area contributed by atoms with E-state index in [2.05, 4.69) is 10.2 Å². The molecular formula is C19H20ClN3O3. The van der Waals surface area contributed by atoms with Crippen LogP contribution in [0.15, 0.2) is 48.5 Å². The number of carbonyl (C=O) groups excluding carboxylic acids is 1. The first-order chi connectivity index (χ1) is 12.5. The van der Waals surface area contributed by atoms with Crippen LogP contribution in [0.1, 0.15) is 34.8 Å². The van der Waals surface area contributed by atoms with Crippen molar-refractivity contribution < 1.29 is 9.72 Å². The van der Waals surface area contributed by atoms with Gasteiger partial charge in [0.15, 0.2) is 0 Å². The first-order valence-corrected chi connectivity index (χ1v) is 8.94. The van der Waals surface area contributed by atoms with Crippen molar-refractivity contribution in [1.29, 1.82) is 0 Å². The molecule has 1 amide bonds. The number of amides is 1. The molecule has 2 aromatic rings. The van der Waals surface area contributed by atoms with Gasteiger partial charge in [-0.1, -0.05) is 29.8 Å². The van der Waals surface area contributed by atoms with Gasteiger partial charge in [-0.05, 0) is 49.7 Å². The lowest BCUT2D eigenvalue weighted by Crippen LogP contribution is -2.36. The van der Waals surface area contributed by atoms with Crippen molar-refractivity contribution in [2.45, 2.75) is 18.9 Å². The number of nitrogens with zero attached hydrogens (tertiary/aromatic N) is 2. The van der Waals surface area contributed by atoms with Gasteiger partial charge in [0.1, 0.15) is 0 Å². The van der Waals surface area contributed by atoms with Gasteiger partial charge in [0.05, 0.1) is 11.0 Å². The first-order valence-electron chi connectivity index (χ1n) is 8.57. The van der Waals surface area contributed by atoms with E-state index in [1.54, 1.807) is 6.07 Å². The van der Waals surface area contributed by atoms with Gasteiger partial charge in [0.2, 0.25) is 0 Å². The molecule has 7 heteroatoms. The summed E-state index contributed by atoms with van der Waals surface area (Å²) in [6.07, 6.45) is 2.27. The second-order valence-electron chi connectivity index (χ2n) is 6.33. The van der Waals surface area contributed by atoms with Crippen LogP contribution in [0.4, 0.5) is 5.69 Å². The maximum Gasteiger partial charge on any atom is 0.270 e. The number of halogens is 1. The number of nitro groups is 1. The highest BCUT2D eigenvalue weighted by Gasteiger charge is 2.24. The summed E-state index contributed by atoms with van der Waals surface area (Å²) >= 11 is 6.13. The Labute approximate surface area is 156 Å². The summed E-state index contributed by atoms with van der Waals surface area (Å²) in [7, 11) is 0. The van der Waals surface area contributed by atoms with E-state index in [9.17, 15) is 14.9 Å². The van der Waals surface area contributed by atoms with E-state index in [1.807, 2.05) is 24.3 Å². The van der Waals surface area contributed by atoms with Gasteiger partial charge >= 0.3 is 0 Å². The molecule has 0 bridgehead atoms. The van der Waals surface area contributed by atoms with Crippen LogP contribution in [0.3, 0.4) is 0 Å². The molecule has 0 spiro atoms. The number of carbonyl (C=O) groups is 1. The maximum atomic E-state index is 12.5. The molecule has 2 aromatic carbocycles. The average Bonchev–Trinajstić information content (AvgIpc) is 3.16. The number of nitro benzene ring substituents is 1. The van der Waals surface area contributed by atoms with Crippen LogP contribution in [0.5, 0.6) is 0 Å². The topological polar surface area (TPSA) is 75.5 Å². The third-order valence-electron chi connectivity index (χ3n) is 4.59. The number of benzene rings is 2. The molecule has 6 nitrogen and oxygen atoms in total. The highest BCUT2D eigenvalue weighted by Crippen LogP contribution is 2.26. The lowest BCUT2D eigenvalue weighted by atomic mass is 10.1. The van der Waals surface area contributed by atoms with Crippen molar-refractivity contribution in [3.63, 3.8) is 0 Å². The van der Waals surface area contributed by atoms with E-state index in [4.69, 9.17) is 11.6 Å². The molecule has 1 aliphatic rings. The Kier molecular flexibility index (Phi) is 5.85. The molecule has 3 rings (SSSR count). The predicted octanol–water partition coefficient (Wildman–Crippen LogP) is 3.82. The zero-order valence-electron chi connectivity index (χ0n) is 14.2. The minimum absolute atomic E-state index is 0.0267. The molecule has 1 unspecified atom stereocenters. The molecule has 26 heavy (non-hydrogen) atoms. The summed E-state index contributed by atoms with van der Waals surface area (Å²) in [5.41, 5.74) is 1.24. The molecule has 1 heterocycles. The molecule has 1 saturated heterocycles. The van der Waals surface area contributed by atoms with E-state index in [0.717, 1.165) is 31.5 Å². The number of likely N-dealkylation sites (tertiary alicyclic amines) is 1. The molecule has 0 saturated carbocycles. The van der Waals surface area contributed by atoms with E-state index < -0.39 is 4.92 Å². The third kappa shape index (κ3) is 4.39. The van der Waals surface area contributed by atoms with Crippen molar-refractivity contribution in [2.24, 2.45) is 0 Å². The summed E-state index contributed by atoms with van der Waals surface area (Å²) in [5.74, 6) is -0.320. The van der Waals surface area contributed by atoms with Crippen LogP contribution in [0.25, 0.3) is 0 Å². The monoisotopic (exact) mass is 373 g/mol. The Balaban J connectivity index is 1.74. The predicted molar refractivity (Wildman–Crippen MR) is 100 cm³/mol. The number of non-ortho nitro benzene ring substituents is 1. The summed E-state index contributed by atoms with van der Waals surface area (Å²) < 4.78 is 0. The van der Waals surface area contributed by atoms with Crippen LogP contribution >= 0.6 is 11.6 Å². The van der Waals surface area contributed by atoms with Gasteiger partial charge in [0.25, 0.3) is 11.6 Å². The Morgan fingerprint density at radius 3 is 2.62 bits per heavy atom. The van der Waals surface area contributed by atoms with Crippen molar-refractivity contribution in [3.05, 3.63) is 74.8 Å². The molecule has 0 radical (unpaired) electrons. The summed E-state index contributed by atoms with van der Waals surface area (Å²) in [5, 5.41) is 14.5. The van der Waals surface area contributed by atoms with Crippen molar-refractivity contribution >= 4 is 23.2 Å². The van der Waals surface area contributed by atoms with E-state index >= 15 is 0 Å². The van der Waals surface area contributed by atoms with Gasteiger partial charge in [-0.3, -0.25) is 19.8 Å². The second-order valence-corrected chi connectivity index (χ2v) is 6.77. The van der Waals surface area contributed by atoms with Crippen LogP contribution in [-0.4, -0.2) is 35.4 Å². The van der Waals surface area contributed by atoms with E-state index in [1.165, 1.54) is 18.2 Å². The van der Waals surface area contributed by atoms with E-state index in [-0.39, 0.29) is 23.2 Å². The lowest BCUT2D eigenvalue weighted by molar-refractivity contribution is -0.384. The first kappa shape index (κ1) is 18.4. The highest BCUT2D eigenvalue weighted by atomic mass is 35.5. The summed E-state index contributed by atoms with van der Waals surface area (Å²) in [6.45, 7) is 2.37. The zero-order chi connectivity index (χ0) is 18.5. The minimum Gasteiger partial charge on any atom is -0.350 e.